The predicted molar refractivity (Wildman–Crippen MR) is 99.9 cm³/mol. The van der Waals surface area contributed by atoms with Gasteiger partial charge in [0, 0.05) is 17.7 Å². The Balaban J connectivity index is 1.67. The lowest BCUT2D eigenvalue weighted by Crippen LogP contribution is -3.14. The molecule has 134 valence electrons. The van der Waals surface area contributed by atoms with Gasteiger partial charge in [0.1, 0.15) is 10.7 Å². The molecule has 26 heavy (non-hydrogen) atoms. The second-order valence-electron chi connectivity index (χ2n) is 6.17. The fourth-order valence-electron chi connectivity index (χ4n) is 3.05. The van der Waals surface area contributed by atoms with E-state index >= 15 is 0 Å². The van der Waals surface area contributed by atoms with E-state index in [0.717, 1.165) is 32.7 Å². The van der Waals surface area contributed by atoms with E-state index in [9.17, 15) is 10.1 Å². The van der Waals surface area contributed by atoms with E-state index in [-0.39, 0.29) is 5.69 Å². The molecular weight excluding hydrogens is 352 g/mol. The summed E-state index contributed by atoms with van der Waals surface area (Å²) < 4.78 is 5.86. The van der Waals surface area contributed by atoms with Gasteiger partial charge in [0.2, 0.25) is 0 Å². The number of hydrogen-bond acceptors (Lipinski definition) is 5. The highest BCUT2D eigenvalue weighted by atomic mass is 32.1. The van der Waals surface area contributed by atoms with E-state index in [4.69, 9.17) is 21.9 Å². The van der Waals surface area contributed by atoms with Crippen LogP contribution in [0.1, 0.15) is 12.2 Å². The van der Waals surface area contributed by atoms with Crippen molar-refractivity contribution in [3.8, 4) is 17.4 Å². The van der Waals surface area contributed by atoms with Crippen molar-refractivity contribution in [3.63, 3.8) is 0 Å². The molecule has 0 amide bonds. The molecule has 1 aliphatic heterocycles. The quantitative estimate of drug-likeness (QED) is 0.488. The second-order valence-corrected chi connectivity index (χ2v) is 6.56. The molecule has 0 aliphatic carbocycles. The number of hydrogen-bond donors (Lipinski definition) is 1. The Kier molecular flexibility index (Phi) is 5.61. The van der Waals surface area contributed by atoms with Crippen LogP contribution in [0.2, 0.25) is 0 Å². The fourth-order valence-corrected chi connectivity index (χ4v) is 3.34. The first kappa shape index (κ1) is 18.0. The van der Waals surface area contributed by atoms with Gasteiger partial charge in [0.05, 0.1) is 50.1 Å². The molecule has 7 nitrogen and oxygen atoms in total. The first-order valence-electron chi connectivity index (χ1n) is 8.43. The lowest BCUT2D eigenvalue weighted by Gasteiger charge is -2.32. The maximum absolute atomic E-state index is 10.9. The molecule has 2 aromatic rings. The number of nitrogens with zero attached hydrogens (tertiary/aromatic N) is 3. The summed E-state index contributed by atoms with van der Waals surface area (Å²) in [5, 5.41) is 19.6. The zero-order valence-corrected chi connectivity index (χ0v) is 15.0. The van der Waals surface area contributed by atoms with Gasteiger partial charge in [-0.15, -0.1) is 0 Å². The van der Waals surface area contributed by atoms with Gasteiger partial charge in [0.25, 0.3) is 5.69 Å². The molecule has 0 spiro atoms. The standard InChI is InChI=1S/C18H18N4O3S/c19-7-2-8-20-9-11-21(12-10-20)18(26)17-6-5-16(25-17)14-3-1-4-15(13-14)22(23)24/h1,3-6,13H,2,8-12H2/p+1. The number of nitro benzene ring substituents is 1. The molecule has 0 atom stereocenters. The Labute approximate surface area is 156 Å². The van der Waals surface area contributed by atoms with Gasteiger partial charge in [-0.05, 0) is 12.1 Å². The van der Waals surface area contributed by atoms with Crippen molar-refractivity contribution in [2.45, 2.75) is 6.42 Å². The van der Waals surface area contributed by atoms with Crippen LogP contribution in [0.3, 0.4) is 0 Å². The Morgan fingerprint density at radius 3 is 2.81 bits per heavy atom. The van der Waals surface area contributed by atoms with Crippen LogP contribution in [0.15, 0.2) is 40.8 Å². The van der Waals surface area contributed by atoms with Gasteiger partial charge in [-0.1, -0.05) is 24.4 Å². The summed E-state index contributed by atoms with van der Waals surface area (Å²) in [6.45, 7) is 4.41. The SMILES string of the molecule is N#CCC[NH+]1CCN(C(=S)c2ccc(-c3cccc([N+](=O)[O-])c3)o2)CC1. The fraction of sp³-hybridized carbons (Fsp3) is 0.333. The molecule has 3 rings (SSSR count). The van der Waals surface area contributed by atoms with Gasteiger partial charge in [0.15, 0.2) is 5.76 Å². The maximum atomic E-state index is 10.9. The Morgan fingerprint density at radius 2 is 2.12 bits per heavy atom. The van der Waals surface area contributed by atoms with Crippen molar-refractivity contribution in [3.05, 3.63) is 52.3 Å². The minimum Gasteiger partial charge on any atom is -0.454 e. The molecule has 0 saturated carbocycles. The molecule has 1 saturated heterocycles. The van der Waals surface area contributed by atoms with Crippen LogP contribution in [0, 0.1) is 21.4 Å². The van der Waals surface area contributed by atoms with Crippen molar-refractivity contribution >= 4 is 22.9 Å². The molecule has 1 aromatic heterocycles. The Morgan fingerprint density at radius 1 is 1.35 bits per heavy atom. The largest absolute Gasteiger partial charge is 0.454 e. The minimum absolute atomic E-state index is 0.0273. The van der Waals surface area contributed by atoms with Gasteiger partial charge in [-0.3, -0.25) is 10.1 Å². The van der Waals surface area contributed by atoms with Crippen LogP contribution in [0.5, 0.6) is 0 Å². The second kappa shape index (κ2) is 8.08. The summed E-state index contributed by atoms with van der Waals surface area (Å²) in [5.41, 5.74) is 0.679. The third-order valence-electron chi connectivity index (χ3n) is 4.51. The van der Waals surface area contributed by atoms with Gasteiger partial charge in [-0.25, -0.2) is 0 Å². The average molecular weight is 371 g/mol. The number of rotatable bonds is 5. The number of quaternary nitrogens is 1. The third-order valence-corrected chi connectivity index (χ3v) is 4.97. The maximum Gasteiger partial charge on any atom is 0.270 e. The highest BCUT2D eigenvalue weighted by Crippen LogP contribution is 2.26. The summed E-state index contributed by atoms with van der Waals surface area (Å²) in [7, 11) is 0. The molecule has 8 heteroatoms. The monoisotopic (exact) mass is 371 g/mol. The van der Waals surface area contributed by atoms with Gasteiger partial charge < -0.3 is 14.2 Å². The number of thiocarbonyl (C=S) groups is 1. The highest BCUT2D eigenvalue weighted by molar-refractivity contribution is 7.80. The van der Waals surface area contributed by atoms with E-state index < -0.39 is 4.92 Å². The third kappa shape index (κ3) is 4.07. The lowest BCUT2D eigenvalue weighted by atomic mass is 10.1. The summed E-state index contributed by atoms with van der Waals surface area (Å²) in [5.74, 6) is 1.16. The van der Waals surface area contributed by atoms with Crippen molar-refractivity contribution in [2.75, 3.05) is 32.7 Å². The van der Waals surface area contributed by atoms with Crippen molar-refractivity contribution in [1.82, 2.24) is 4.90 Å². The number of non-ortho nitro benzene ring substituents is 1. The van der Waals surface area contributed by atoms with Crippen LogP contribution < -0.4 is 4.90 Å². The van der Waals surface area contributed by atoms with Crippen LogP contribution in [0.25, 0.3) is 11.3 Å². The van der Waals surface area contributed by atoms with Gasteiger partial charge in [-0.2, -0.15) is 5.26 Å². The van der Waals surface area contributed by atoms with E-state index in [1.54, 1.807) is 18.2 Å². The van der Waals surface area contributed by atoms with Crippen LogP contribution in [-0.2, 0) is 0 Å². The first-order valence-corrected chi connectivity index (χ1v) is 8.84. The smallest absolute Gasteiger partial charge is 0.270 e. The molecule has 1 aliphatic rings. The van der Waals surface area contributed by atoms with Crippen LogP contribution in [0.4, 0.5) is 5.69 Å². The minimum atomic E-state index is -0.424. The summed E-state index contributed by atoms with van der Waals surface area (Å²) >= 11 is 5.56. The lowest BCUT2D eigenvalue weighted by molar-refractivity contribution is -0.903. The summed E-state index contributed by atoms with van der Waals surface area (Å²) in [6, 6.07) is 12.1. The van der Waals surface area contributed by atoms with Gasteiger partial charge >= 0.3 is 0 Å². The van der Waals surface area contributed by atoms with E-state index in [0.29, 0.717) is 28.5 Å². The van der Waals surface area contributed by atoms with Crippen molar-refractivity contribution in [2.24, 2.45) is 0 Å². The number of nitriles is 1. The summed E-state index contributed by atoms with van der Waals surface area (Å²) in [6.07, 6.45) is 0.574. The molecular formula is C18H19N4O3S+. The molecule has 1 N–H and O–H groups in total. The van der Waals surface area contributed by atoms with E-state index in [1.165, 1.54) is 17.0 Å². The average Bonchev–Trinajstić information content (AvgIpc) is 3.16. The highest BCUT2D eigenvalue weighted by Gasteiger charge is 2.23. The topological polar surface area (TPSA) is 87.8 Å². The molecule has 1 fully saturated rings. The molecule has 0 unspecified atom stereocenters. The normalized spacial score (nSPS) is 14.8. The first-order chi connectivity index (χ1) is 12.6. The molecule has 2 heterocycles. The Hall–Kier alpha value is -2.76. The van der Waals surface area contributed by atoms with Crippen molar-refractivity contribution < 1.29 is 14.2 Å². The van der Waals surface area contributed by atoms with Crippen molar-refractivity contribution in [1.29, 1.82) is 5.26 Å². The van der Waals surface area contributed by atoms with Crippen LogP contribution in [-0.4, -0.2) is 47.5 Å². The van der Waals surface area contributed by atoms with E-state index in [2.05, 4.69) is 11.0 Å². The zero-order valence-electron chi connectivity index (χ0n) is 14.2. The predicted octanol–water partition coefficient (Wildman–Crippen LogP) is 1.64. The number of nitro groups is 1. The number of furan rings is 1. The number of benzene rings is 1. The molecule has 0 radical (unpaired) electrons. The zero-order chi connectivity index (χ0) is 18.5. The van der Waals surface area contributed by atoms with Crippen LogP contribution >= 0.6 is 12.2 Å². The number of nitrogens with one attached hydrogen (secondary N) is 1. The molecule has 1 aromatic carbocycles. The molecule has 0 bridgehead atoms. The number of piperazine rings is 1. The summed E-state index contributed by atoms with van der Waals surface area (Å²) in [4.78, 5) is 14.7. The Bertz CT molecular complexity index is 850. The van der Waals surface area contributed by atoms with E-state index in [1.807, 2.05) is 6.07 Å².